The summed E-state index contributed by atoms with van der Waals surface area (Å²) in [6, 6.07) is 7.03. The molecule has 2 rings (SSSR count). The molecule has 114 valence electrons. The van der Waals surface area contributed by atoms with Gasteiger partial charge in [-0.3, -0.25) is 20.2 Å². The fourth-order valence-electron chi connectivity index (χ4n) is 1.84. The van der Waals surface area contributed by atoms with E-state index in [1.807, 2.05) is 0 Å². The Labute approximate surface area is 130 Å². The molecule has 0 bridgehead atoms. The molecular weight excluding hydrogens is 312 g/mol. The standard InChI is InChI=1S/C13H11ClN4O4/c1-16(13-5-3-11(7-15-13)18(21)22)8-9-6-10(17(19)20)2-4-12(9)14/h2-7H,8H2,1H3. The maximum absolute atomic E-state index is 10.8. The molecule has 0 aliphatic heterocycles. The number of hydrogen-bond acceptors (Lipinski definition) is 6. The van der Waals surface area contributed by atoms with E-state index in [1.165, 1.54) is 30.3 Å². The number of aromatic nitrogens is 1. The zero-order valence-electron chi connectivity index (χ0n) is 11.5. The minimum absolute atomic E-state index is 0.0514. The number of hydrogen-bond donors (Lipinski definition) is 0. The topological polar surface area (TPSA) is 102 Å². The molecule has 8 nitrogen and oxygen atoms in total. The second-order valence-electron chi connectivity index (χ2n) is 4.52. The highest BCUT2D eigenvalue weighted by atomic mass is 35.5. The molecule has 22 heavy (non-hydrogen) atoms. The van der Waals surface area contributed by atoms with Crippen molar-refractivity contribution in [3.8, 4) is 0 Å². The summed E-state index contributed by atoms with van der Waals surface area (Å²) in [6.45, 7) is 0.283. The lowest BCUT2D eigenvalue weighted by atomic mass is 10.2. The normalized spacial score (nSPS) is 10.3. The summed E-state index contributed by atoms with van der Waals surface area (Å²) in [5.74, 6) is 0.494. The molecule has 0 aliphatic carbocycles. The predicted molar refractivity (Wildman–Crippen MR) is 81.1 cm³/mol. The predicted octanol–water partition coefficient (Wildman–Crippen LogP) is 3.19. The molecule has 1 aromatic carbocycles. The van der Waals surface area contributed by atoms with Crippen molar-refractivity contribution in [1.82, 2.24) is 4.98 Å². The van der Waals surface area contributed by atoms with Gasteiger partial charge in [-0.2, -0.15) is 0 Å². The summed E-state index contributed by atoms with van der Waals surface area (Å²) in [6.07, 6.45) is 1.15. The molecule has 2 aromatic rings. The van der Waals surface area contributed by atoms with E-state index in [9.17, 15) is 20.2 Å². The Morgan fingerprint density at radius 3 is 2.32 bits per heavy atom. The third-order valence-electron chi connectivity index (χ3n) is 2.98. The van der Waals surface area contributed by atoms with Crippen molar-refractivity contribution in [3.05, 3.63) is 67.3 Å². The Bertz CT molecular complexity index is 720. The van der Waals surface area contributed by atoms with Gasteiger partial charge < -0.3 is 4.90 Å². The first-order valence-corrected chi connectivity index (χ1v) is 6.50. The molecule has 0 saturated carbocycles. The minimum Gasteiger partial charge on any atom is -0.355 e. The summed E-state index contributed by atoms with van der Waals surface area (Å²) < 4.78 is 0. The van der Waals surface area contributed by atoms with Crippen molar-refractivity contribution in [3.63, 3.8) is 0 Å². The SMILES string of the molecule is CN(Cc1cc([N+](=O)[O-])ccc1Cl)c1ccc([N+](=O)[O-])cn1. The van der Waals surface area contributed by atoms with Crippen LogP contribution in [0, 0.1) is 20.2 Å². The van der Waals surface area contributed by atoms with E-state index in [0.717, 1.165) is 6.20 Å². The molecule has 1 heterocycles. The van der Waals surface area contributed by atoms with Crippen LogP contribution < -0.4 is 4.90 Å². The average Bonchev–Trinajstić information content (AvgIpc) is 2.49. The number of anilines is 1. The van der Waals surface area contributed by atoms with Crippen molar-refractivity contribution >= 4 is 28.8 Å². The van der Waals surface area contributed by atoms with Crippen LogP contribution in [0.15, 0.2) is 36.5 Å². The third-order valence-corrected chi connectivity index (χ3v) is 3.35. The zero-order valence-corrected chi connectivity index (χ0v) is 12.2. The Morgan fingerprint density at radius 2 is 1.77 bits per heavy atom. The minimum atomic E-state index is -0.534. The molecule has 1 aromatic heterocycles. The second-order valence-corrected chi connectivity index (χ2v) is 4.93. The van der Waals surface area contributed by atoms with Crippen LogP contribution in [-0.2, 0) is 6.54 Å². The van der Waals surface area contributed by atoms with Gasteiger partial charge in [0.2, 0.25) is 0 Å². The Morgan fingerprint density at radius 1 is 1.14 bits per heavy atom. The second kappa shape index (κ2) is 6.35. The Kier molecular flexibility index (Phi) is 4.52. The first kappa shape index (κ1) is 15.6. The van der Waals surface area contributed by atoms with Gasteiger partial charge in [0.15, 0.2) is 0 Å². The van der Waals surface area contributed by atoms with Gasteiger partial charge in [-0.15, -0.1) is 0 Å². The molecule has 0 N–H and O–H groups in total. The largest absolute Gasteiger partial charge is 0.355 e. The first-order chi connectivity index (χ1) is 10.4. The van der Waals surface area contributed by atoms with Gasteiger partial charge in [0.1, 0.15) is 12.0 Å². The Balaban J connectivity index is 2.21. The lowest BCUT2D eigenvalue weighted by Gasteiger charge is -2.18. The van der Waals surface area contributed by atoms with Gasteiger partial charge >= 0.3 is 0 Å². The molecule has 0 fully saturated rings. The fourth-order valence-corrected chi connectivity index (χ4v) is 2.02. The van der Waals surface area contributed by atoms with Crippen molar-refractivity contribution in [2.45, 2.75) is 6.54 Å². The quantitative estimate of drug-likeness (QED) is 0.618. The number of rotatable bonds is 5. The van der Waals surface area contributed by atoms with Crippen LogP contribution >= 0.6 is 11.6 Å². The van der Waals surface area contributed by atoms with Crippen LogP contribution in [0.1, 0.15) is 5.56 Å². The van der Waals surface area contributed by atoms with Gasteiger partial charge in [0, 0.05) is 36.8 Å². The summed E-state index contributed by atoms with van der Waals surface area (Å²) in [4.78, 5) is 26.0. The summed E-state index contributed by atoms with van der Waals surface area (Å²) in [5.41, 5.74) is 0.411. The molecule has 0 radical (unpaired) electrons. The maximum Gasteiger partial charge on any atom is 0.287 e. The number of halogens is 1. The van der Waals surface area contributed by atoms with Crippen LogP contribution in [0.25, 0.3) is 0 Å². The number of benzene rings is 1. The molecule has 0 atom stereocenters. The molecule has 0 unspecified atom stereocenters. The lowest BCUT2D eigenvalue weighted by molar-refractivity contribution is -0.385. The van der Waals surface area contributed by atoms with E-state index in [2.05, 4.69) is 4.98 Å². The number of pyridine rings is 1. The third kappa shape index (κ3) is 3.47. The van der Waals surface area contributed by atoms with Gasteiger partial charge in [-0.25, -0.2) is 4.98 Å². The zero-order chi connectivity index (χ0) is 16.3. The van der Waals surface area contributed by atoms with E-state index in [1.54, 1.807) is 11.9 Å². The summed E-state index contributed by atoms with van der Waals surface area (Å²) >= 11 is 6.04. The van der Waals surface area contributed by atoms with Crippen LogP contribution in [0.5, 0.6) is 0 Å². The molecule has 0 spiro atoms. The first-order valence-electron chi connectivity index (χ1n) is 6.13. The smallest absolute Gasteiger partial charge is 0.287 e. The van der Waals surface area contributed by atoms with Crippen LogP contribution in [0.3, 0.4) is 0 Å². The van der Waals surface area contributed by atoms with Gasteiger partial charge in [0.05, 0.1) is 9.85 Å². The van der Waals surface area contributed by atoms with E-state index in [-0.39, 0.29) is 17.9 Å². The number of nitrogens with zero attached hydrogens (tertiary/aromatic N) is 4. The maximum atomic E-state index is 10.8. The van der Waals surface area contributed by atoms with Crippen molar-refractivity contribution in [2.75, 3.05) is 11.9 Å². The molecule has 0 saturated heterocycles. The average molecular weight is 323 g/mol. The van der Waals surface area contributed by atoms with Crippen molar-refractivity contribution in [1.29, 1.82) is 0 Å². The van der Waals surface area contributed by atoms with Gasteiger partial charge in [-0.05, 0) is 17.7 Å². The highest BCUT2D eigenvalue weighted by molar-refractivity contribution is 6.31. The van der Waals surface area contributed by atoms with Gasteiger partial charge in [-0.1, -0.05) is 11.6 Å². The van der Waals surface area contributed by atoms with Crippen molar-refractivity contribution in [2.24, 2.45) is 0 Å². The molecule has 0 aliphatic rings. The van der Waals surface area contributed by atoms with Gasteiger partial charge in [0.25, 0.3) is 11.4 Å². The molecule has 0 amide bonds. The summed E-state index contributed by atoms with van der Waals surface area (Å²) in [5, 5.41) is 21.8. The summed E-state index contributed by atoms with van der Waals surface area (Å²) in [7, 11) is 1.71. The number of non-ortho nitro benzene ring substituents is 1. The highest BCUT2D eigenvalue weighted by Gasteiger charge is 2.13. The lowest BCUT2D eigenvalue weighted by Crippen LogP contribution is -2.18. The van der Waals surface area contributed by atoms with E-state index in [4.69, 9.17) is 11.6 Å². The van der Waals surface area contributed by atoms with E-state index >= 15 is 0 Å². The van der Waals surface area contributed by atoms with Crippen LogP contribution in [-0.4, -0.2) is 21.9 Å². The monoisotopic (exact) mass is 322 g/mol. The Hall–Kier alpha value is -2.74. The van der Waals surface area contributed by atoms with Crippen LogP contribution in [0.2, 0.25) is 5.02 Å². The molecular formula is C13H11ClN4O4. The van der Waals surface area contributed by atoms with Crippen LogP contribution in [0.4, 0.5) is 17.2 Å². The van der Waals surface area contributed by atoms with Crippen molar-refractivity contribution < 1.29 is 9.85 Å². The molecule has 9 heteroatoms. The fraction of sp³-hybridized carbons (Fsp3) is 0.154. The highest BCUT2D eigenvalue weighted by Crippen LogP contribution is 2.24. The van der Waals surface area contributed by atoms with E-state index in [0.29, 0.717) is 16.4 Å². The number of nitro groups is 2. The van der Waals surface area contributed by atoms with E-state index < -0.39 is 9.85 Å². The number of nitro benzene ring substituents is 1.